The Labute approximate surface area is 147 Å². The third kappa shape index (κ3) is 3.02. The lowest BCUT2D eigenvalue weighted by molar-refractivity contribution is -0.119. The largest absolute Gasteiger partial charge is 0.298 e. The van der Waals surface area contributed by atoms with Gasteiger partial charge in [0.15, 0.2) is 5.13 Å². The van der Waals surface area contributed by atoms with Crippen molar-refractivity contribution in [1.82, 2.24) is 4.98 Å². The zero-order valence-corrected chi connectivity index (χ0v) is 14.8. The number of carbonyl (C=O) groups is 2. The molecule has 7 nitrogen and oxygen atoms in total. The van der Waals surface area contributed by atoms with Crippen molar-refractivity contribution in [1.29, 1.82) is 0 Å². The Morgan fingerprint density at radius 2 is 2.21 bits per heavy atom. The predicted octanol–water partition coefficient (Wildman–Crippen LogP) is 2.36. The number of thiazole rings is 1. The van der Waals surface area contributed by atoms with E-state index in [0.29, 0.717) is 5.13 Å². The number of carbonyl (C=O) groups excluding carboxylic acids is 2. The minimum Gasteiger partial charge on any atom is -0.298 e. The summed E-state index contributed by atoms with van der Waals surface area (Å²) in [6.07, 6.45) is 1.55. The zero-order valence-electron chi connectivity index (χ0n) is 12.4. The highest BCUT2D eigenvalue weighted by Crippen LogP contribution is 2.31. The van der Waals surface area contributed by atoms with Crippen molar-refractivity contribution in [2.24, 2.45) is 5.92 Å². The van der Waals surface area contributed by atoms with Gasteiger partial charge < -0.3 is 0 Å². The SMILES string of the molecule is C[C@H]1CS(=O)(=O)N(c2ccc(C(=O)Nc3nccs3)c(Cl)c2)C1=O. The molecule has 1 atom stereocenters. The maximum Gasteiger partial charge on any atom is 0.258 e. The monoisotopic (exact) mass is 385 g/mol. The summed E-state index contributed by atoms with van der Waals surface area (Å²) < 4.78 is 24.9. The molecule has 1 aromatic heterocycles. The zero-order chi connectivity index (χ0) is 17.5. The Hall–Kier alpha value is -1.97. The van der Waals surface area contributed by atoms with Crippen LogP contribution in [0.5, 0.6) is 0 Å². The van der Waals surface area contributed by atoms with Crippen molar-refractivity contribution < 1.29 is 18.0 Å². The summed E-state index contributed by atoms with van der Waals surface area (Å²) in [4.78, 5) is 28.2. The average Bonchev–Trinajstić information content (AvgIpc) is 3.05. The summed E-state index contributed by atoms with van der Waals surface area (Å²) in [5, 5.41) is 4.77. The Kier molecular flexibility index (Phi) is 4.33. The van der Waals surface area contributed by atoms with Crippen molar-refractivity contribution in [3.05, 3.63) is 40.4 Å². The Bertz CT molecular complexity index is 912. The van der Waals surface area contributed by atoms with Gasteiger partial charge in [-0.05, 0) is 18.2 Å². The van der Waals surface area contributed by atoms with E-state index in [4.69, 9.17) is 11.6 Å². The summed E-state index contributed by atoms with van der Waals surface area (Å²) in [6, 6.07) is 4.06. The third-order valence-electron chi connectivity index (χ3n) is 3.45. The third-order valence-corrected chi connectivity index (χ3v) is 6.31. The van der Waals surface area contributed by atoms with Crippen molar-refractivity contribution in [2.45, 2.75) is 6.92 Å². The topological polar surface area (TPSA) is 96.4 Å². The van der Waals surface area contributed by atoms with Gasteiger partial charge in [-0.25, -0.2) is 17.7 Å². The van der Waals surface area contributed by atoms with Crippen molar-refractivity contribution >= 4 is 55.6 Å². The molecule has 1 aromatic carbocycles. The number of hydrogen-bond acceptors (Lipinski definition) is 6. The summed E-state index contributed by atoms with van der Waals surface area (Å²) in [7, 11) is -3.71. The average molecular weight is 386 g/mol. The normalized spacial score (nSPS) is 19.5. The van der Waals surface area contributed by atoms with Gasteiger partial charge in [-0.1, -0.05) is 18.5 Å². The van der Waals surface area contributed by atoms with Crippen LogP contribution in [0.1, 0.15) is 17.3 Å². The molecule has 1 aliphatic heterocycles. The number of rotatable bonds is 3. The molecule has 1 N–H and O–H groups in total. The molecule has 0 bridgehead atoms. The molecule has 3 rings (SSSR count). The first-order valence-electron chi connectivity index (χ1n) is 6.87. The van der Waals surface area contributed by atoms with Crippen LogP contribution < -0.4 is 9.62 Å². The van der Waals surface area contributed by atoms with Crippen LogP contribution in [-0.4, -0.2) is 31.0 Å². The van der Waals surface area contributed by atoms with Gasteiger partial charge in [0.25, 0.3) is 5.91 Å². The number of nitrogens with zero attached hydrogens (tertiary/aromatic N) is 2. The first-order valence-corrected chi connectivity index (χ1v) is 9.73. The predicted molar refractivity (Wildman–Crippen MR) is 92.0 cm³/mol. The minimum atomic E-state index is -3.71. The lowest BCUT2D eigenvalue weighted by Gasteiger charge is -2.16. The lowest BCUT2D eigenvalue weighted by atomic mass is 10.1. The molecule has 24 heavy (non-hydrogen) atoms. The number of anilines is 2. The van der Waals surface area contributed by atoms with Gasteiger partial charge >= 0.3 is 0 Å². The van der Waals surface area contributed by atoms with Gasteiger partial charge in [0.2, 0.25) is 15.9 Å². The summed E-state index contributed by atoms with van der Waals surface area (Å²) in [5.74, 6) is -1.83. The van der Waals surface area contributed by atoms with E-state index >= 15 is 0 Å². The molecular formula is C14H12ClN3O4S2. The Morgan fingerprint density at radius 3 is 2.75 bits per heavy atom. The molecule has 2 aromatic rings. The van der Waals surface area contributed by atoms with Crippen LogP contribution in [0.2, 0.25) is 5.02 Å². The lowest BCUT2D eigenvalue weighted by Crippen LogP contribution is -2.30. The van der Waals surface area contributed by atoms with Gasteiger partial charge in [-0.3, -0.25) is 14.9 Å². The summed E-state index contributed by atoms with van der Waals surface area (Å²) in [5.41, 5.74) is 0.285. The molecule has 0 aliphatic carbocycles. The van der Waals surface area contributed by atoms with Gasteiger partial charge in [0, 0.05) is 11.6 Å². The number of halogens is 1. The van der Waals surface area contributed by atoms with Crippen molar-refractivity contribution in [3.63, 3.8) is 0 Å². The van der Waals surface area contributed by atoms with Crippen LogP contribution in [0, 0.1) is 5.92 Å². The van der Waals surface area contributed by atoms with E-state index < -0.39 is 27.8 Å². The van der Waals surface area contributed by atoms with Crippen molar-refractivity contribution in [3.8, 4) is 0 Å². The molecule has 0 spiro atoms. The van der Waals surface area contributed by atoms with E-state index in [-0.39, 0.29) is 22.0 Å². The Morgan fingerprint density at radius 1 is 1.46 bits per heavy atom. The van der Waals surface area contributed by atoms with Crippen LogP contribution in [0.25, 0.3) is 0 Å². The van der Waals surface area contributed by atoms with E-state index in [0.717, 1.165) is 4.31 Å². The second-order valence-electron chi connectivity index (χ2n) is 5.24. The molecule has 1 aliphatic rings. The highest BCUT2D eigenvalue weighted by atomic mass is 35.5. The molecular weight excluding hydrogens is 374 g/mol. The standard InChI is InChI=1S/C14H12ClN3O4S2/c1-8-7-24(21,22)18(13(8)20)9-2-3-10(11(15)6-9)12(19)17-14-16-4-5-23-14/h2-6,8H,7H2,1H3,(H,16,17,19)/t8-/m0/s1. The second-order valence-corrected chi connectivity index (χ2v) is 8.40. The van der Waals surface area contributed by atoms with Crippen LogP contribution >= 0.6 is 22.9 Å². The molecule has 126 valence electrons. The fraction of sp³-hybridized carbons (Fsp3) is 0.214. The van der Waals surface area contributed by atoms with Crippen LogP contribution in [0.3, 0.4) is 0 Å². The molecule has 0 saturated carbocycles. The van der Waals surface area contributed by atoms with E-state index in [9.17, 15) is 18.0 Å². The number of nitrogens with one attached hydrogen (secondary N) is 1. The van der Waals surface area contributed by atoms with Gasteiger partial charge in [-0.2, -0.15) is 0 Å². The second kappa shape index (κ2) is 6.15. The highest BCUT2D eigenvalue weighted by Gasteiger charge is 2.42. The number of hydrogen-bond donors (Lipinski definition) is 1. The quantitative estimate of drug-likeness (QED) is 0.874. The van der Waals surface area contributed by atoms with E-state index in [1.807, 2.05) is 0 Å². The highest BCUT2D eigenvalue weighted by molar-refractivity contribution is 7.94. The van der Waals surface area contributed by atoms with E-state index in [1.54, 1.807) is 18.5 Å². The molecule has 0 radical (unpaired) electrons. The van der Waals surface area contributed by atoms with Crippen LogP contribution in [0.15, 0.2) is 29.8 Å². The maximum atomic E-state index is 12.2. The fourth-order valence-electron chi connectivity index (χ4n) is 2.35. The molecule has 1 fully saturated rings. The van der Waals surface area contributed by atoms with Gasteiger partial charge in [0.1, 0.15) is 0 Å². The van der Waals surface area contributed by atoms with Crippen molar-refractivity contribution in [2.75, 3.05) is 15.4 Å². The fourth-order valence-corrected chi connectivity index (χ4v) is 4.95. The first kappa shape index (κ1) is 16.9. The Balaban J connectivity index is 1.90. The smallest absolute Gasteiger partial charge is 0.258 e. The summed E-state index contributed by atoms with van der Waals surface area (Å²) in [6.45, 7) is 1.55. The van der Waals surface area contributed by atoms with E-state index in [2.05, 4.69) is 10.3 Å². The van der Waals surface area contributed by atoms with E-state index in [1.165, 1.54) is 29.5 Å². The summed E-state index contributed by atoms with van der Waals surface area (Å²) >= 11 is 7.37. The molecule has 2 amide bonds. The van der Waals surface area contributed by atoms with Crippen LogP contribution in [-0.2, 0) is 14.8 Å². The molecule has 1 saturated heterocycles. The molecule has 2 heterocycles. The number of aromatic nitrogens is 1. The number of benzene rings is 1. The minimum absolute atomic E-state index is 0.0455. The molecule has 0 unspecified atom stereocenters. The van der Waals surface area contributed by atoms with Gasteiger partial charge in [0.05, 0.1) is 27.9 Å². The van der Waals surface area contributed by atoms with Gasteiger partial charge in [-0.15, -0.1) is 11.3 Å². The molecule has 10 heteroatoms. The number of sulfonamides is 1. The number of amides is 2. The van der Waals surface area contributed by atoms with Crippen LogP contribution in [0.4, 0.5) is 10.8 Å². The first-order chi connectivity index (χ1) is 11.3. The maximum absolute atomic E-state index is 12.2.